The van der Waals surface area contributed by atoms with Crippen molar-refractivity contribution in [1.82, 2.24) is 0 Å². The lowest BCUT2D eigenvalue weighted by molar-refractivity contribution is -0.146. The van der Waals surface area contributed by atoms with Gasteiger partial charge in [0.25, 0.3) is 0 Å². The summed E-state index contributed by atoms with van der Waals surface area (Å²) in [6.45, 7) is 4.86. The number of ether oxygens (including phenoxy) is 1. The van der Waals surface area contributed by atoms with Gasteiger partial charge in [-0.3, -0.25) is 0 Å². The van der Waals surface area contributed by atoms with E-state index in [9.17, 15) is 4.79 Å². The molecular formula is C9H16O5Si. The van der Waals surface area contributed by atoms with Gasteiger partial charge in [-0.1, -0.05) is 12.7 Å². The highest BCUT2D eigenvalue weighted by molar-refractivity contribution is 6.66. The van der Waals surface area contributed by atoms with Crippen LogP contribution in [0.2, 0.25) is 0 Å². The minimum absolute atomic E-state index is 0.219. The molecule has 0 fully saturated rings. The van der Waals surface area contributed by atoms with Gasteiger partial charge in [0.2, 0.25) is 0 Å². The van der Waals surface area contributed by atoms with E-state index in [4.69, 9.17) is 13.3 Å². The predicted octanol–water partition coefficient (Wildman–Crippen LogP) is 1.04. The molecule has 0 saturated carbocycles. The molecule has 0 aliphatic carbocycles. The zero-order valence-corrected chi connectivity index (χ0v) is 10.2. The van der Waals surface area contributed by atoms with Crippen LogP contribution < -0.4 is 0 Å². The molecule has 0 atom stereocenters. The van der Waals surface area contributed by atoms with Gasteiger partial charge in [-0.15, -0.1) is 0 Å². The topological polar surface area (TPSA) is 54.0 Å². The van der Waals surface area contributed by atoms with Gasteiger partial charge >= 0.3 is 14.8 Å². The van der Waals surface area contributed by atoms with E-state index in [-0.39, 0.29) is 6.79 Å². The molecular weight excluding hydrogens is 216 g/mol. The van der Waals surface area contributed by atoms with Gasteiger partial charge in [0.15, 0.2) is 6.79 Å². The maximum Gasteiger partial charge on any atom is 0.531 e. The van der Waals surface area contributed by atoms with Gasteiger partial charge < -0.3 is 18.0 Å². The monoisotopic (exact) mass is 232 g/mol. The average molecular weight is 232 g/mol. The maximum atomic E-state index is 10.7. The van der Waals surface area contributed by atoms with Gasteiger partial charge in [0.1, 0.15) is 0 Å². The van der Waals surface area contributed by atoms with Crippen molar-refractivity contribution >= 4 is 14.8 Å². The van der Waals surface area contributed by atoms with E-state index in [1.807, 2.05) is 6.92 Å². The van der Waals surface area contributed by atoms with Crippen molar-refractivity contribution in [1.29, 1.82) is 0 Å². The normalized spacial score (nSPS) is 11.7. The van der Waals surface area contributed by atoms with Crippen LogP contribution in [0.25, 0.3) is 0 Å². The highest BCUT2D eigenvalue weighted by Gasteiger charge is 2.36. The largest absolute Gasteiger partial charge is 0.531 e. The summed E-state index contributed by atoms with van der Waals surface area (Å²) >= 11 is 0. The number of hydrogen-bond donors (Lipinski definition) is 0. The number of carbonyl (C=O) groups excluding carboxylic acids is 1. The molecule has 0 aromatic carbocycles. The first-order chi connectivity index (χ1) is 7.14. The number of esters is 1. The van der Waals surface area contributed by atoms with Crippen molar-refractivity contribution in [2.24, 2.45) is 0 Å². The minimum Gasteiger partial charge on any atom is -0.436 e. The van der Waals surface area contributed by atoms with Gasteiger partial charge in [-0.05, 0) is 12.6 Å². The zero-order chi connectivity index (χ0) is 11.7. The van der Waals surface area contributed by atoms with Crippen LogP contribution in [0.15, 0.2) is 24.4 Å². The number of allylic oxidation sites excluding steroid dienone is 1. The number of rotatable bonds is 7. The Bertz CT molecular complexity index is 235. The molecule has 0 amide bonds. The number of hydrogen-bond acceptors (Lipinski definition) is 5. The van der Waals surface area contributed by atoms with Crippen LogP contribution in [-0.2, 0) is 22.8 Å². The molecule has 0 rings (SSSR count). The molecule has 0 N–H and O–H groups in total. The molecule has 0 saturated heterocycles. The second-order valence-corrected chi connectivity index (χ2v) is 5.09. The molecule has 0 heterocycles. The van der Waals surface area contributed by atoms with E-state index in [1.54, 1.807) is 11.8 Å². The highest BCUT2D eigenvalue weighted by Crippen LogP contribution is 2.09. The van der Waals surface area contributed by atoms with Crippen molar-refractivity contribution in [3.05, 3.63) is 24.4 Å². The maximum absolute atomic E-state index is 10.7. The highest BCUT2D eigenvalue weighted by atomic mass is 28.4. The molecule has 86 valence electrons. The van der Waals surface area contributed by atoms with Crippen molar-refractivity contribution in [3.8, 4) is 0 Å². The van der Waals surface area contributed by atoms with Crippen LogP contribution in [0.4, 0.5) is 0 Å². The van der Waals surface area contributed by atoms with E-state index in [1.165, 1.54) is 14.2 Å². The SMILES string of the molecule is C=CC(=O)OCO[Si](C=CC)(OC)OC. The summed E-state index contributed by atoms with van der Waals surface area (Å²) in [5.74, 6) is -0.550. The summed E-state index contributed by atoms with van der Waals surface area (Å²) < 4.78 is 20.2. The molecule has 0 aromatic heterocycles. The van der Waals surface area contributed by atoms with Crippen LogP contribution in [0.3, 0.4) is 0 Å². The van der Waals surface area contributed by atoms with Crippen LogP contribution in [0.1, 0.15) is 6.92 Å². The Kier molecular flexibility index (Phi) is 6.89. The second kappa shape index (κ2) is 7.35. The molecule has 0 aromatic rings. The van der Waals surface area contributed by atoms with Gasteiger partial charge in [0.05, 0.1) is 0 Å². The van der Waals surface area contributed by atoms with Gasteiger partial charge in [-0.25, -0.2) is 4.79 Å². The first kappa shape index (κ1) is 14.0. The van der Waals surface area contributed by atoms with Crippen molar-refractivity contribution in [2.45, 2.75) is 6.92 Å². The lowest BCUT2D eigenvalue weighted by atomic mass is 10.7. The van der Waals surface area contributed by atoms with Crippen LogP contribution >= 0.6 is 0 Å². The Morgan fingerprint density at radius 2 is 2.00 bits per heavy atom. The Hall–Kier alpha value is -0.953. The predicted molar refractivity (Wildman–Crippen MR) is 56.8 cm³/mol. The lowest BCUT2D eigenvalue weighted by Gasteiger charge is -2.22. The fourth-order valence-electron chi connectivity index (χ4n) is 0.818. The molecule has 0 aliphatic rings. The van der Waals surface area contributed by atoms with Crippen molar-refractivity contribution in [2.75, 3.05) is 21.0 Å². The first-order valence-electron chi connectivity index (χ1n) is 4.31. The van der Waals surface area contributed by atoms with E-state index in [0.29, 0.717) is 0 Å². The summed E-state index contributed by atoms with van der Waals surface area (Å²) in [6.07, 6.45) is 2.82. The van der Waals surface area contributed by atoms with Crippen molar-refractivity contribution in [3.63, 3.8) is 0 Å². The molecule has 0 radical (unpaired) electrons. The molecule has 15 heavy (non-hydrogen) atoms. The van der Waals surface area contributed by atoms with Crippen molar-refractivity contribution < 1.29 is 22.8 Å². The van der Waals surface area contributed by atoms with Gasteiger partial charge in [0, 0.05) is 20.3 Å². The lowest BCUT2D eigenvalue weighted by Crippen LogP contribution is -2.43. The van der Waals surface area contributed by atoms with Crippen LogP contribution in [0, 0.1) is 0 Å². The summed E-state index contributed by atoms with van der Waals surface area (Å²) in [5.41, 5.74) is 1.69. The third-order valence-electron chi connectivity index (χ3n) is 1.57. The molecule has 0 unspecified atom stereocenters. The third-order valence-corrected chi connectivity index (χ3v) is 3.97. The fraction of sp³-hybridized carbons (Fsp3) is 0.444. The van der Waals surface area contributed by atoms with E-state index in [2.05, 4.69) is 11.3 Å². The van der Waals surface area contributed by atoms with Gasteiger partial charge in [-0.2, -0.15) is 0 Å². The summed E-state index contributed by atoms with van der Waals surface area (Å²) in [6, 6.07) is 0. The molecule has 0 aliphatic heterocycles. The van der Waals surface area contributed by atoms with E-state index < -0.39 is 14.8 Å². The Morgan fingerprint density at radius 1 is 1.40 bits per heavy atom. The first-order valence-corrected chi connectivity index (χ1v) is 6.11. The third kappa shape index (κ3) is 4.89. The molecule has 5 nitrogen and oxygen atoms in total. The minimum atomic E-state index is -2.82. The summed E-state index contributed by atoms with van der Waals surface area (Å²) in [4.78, 5) is 10.7. The number of carbonyl (C=O) groups is 1. The molecule has 6 heteroatoms. The second-order valence-electron chi connectivity index (χ2n) is 2.44. The van der Waals surface area contributed by atoms with E-state index >= 15 is 0 Å². The Balaban J connectivity index is 4.17. The molecule has 0 bridgehead atoms. The Labute approximate surface area is 90.6 Å². The zero-order valence-electron chi connectivity index (χ0n) is 9.19. The average Bonchev–Trinajstić information content (AvgIpc) is 2.27. The van der Waals surface area contributed by atoms with Crippen LogP contribution in [0.5, 0.6) is 0 Å². The molecule has 0 spiro atoms. The Morgan fingerprint density at radius 3 is 2.40 bits per heavy atom. The van der Waals surface area contributed by atoms with E-state index in [0.717, 1.165) is 6.08 Å². The standard InChI is InChI=1S/C9H16O5Si/c1-5-7-15(11-3,12-4)14-8-13-9(10)6-2/h5-7H,2,8H2,1,3-4H3. The summed E-state index contributed by atoms with van der Waals surface area (Å²) in [5, 5.41) is 0. The summed E-state index contributed by atoms with van der Waals surface area (Å²) in [7, 11) is 0.139. The fourth-order valence-corrected chi connectivity index (χ4v) is 2.22. The quantitative estimate of drug-likeness (QED) is 0.284. The smallest absolute Gasteiger partial charge is 0.436 e. The van der Waals surface area contributed by atoms with Crippen LogP contribution in [-0.4, -0.2) is 35.8 Å².